The molecule has 2 saturated heterocycles. The first-order chi connectivity index (χ1) is 20.1. The van der Waals surface area contributed by atoms with Crippen LogP contribution in [-0.2, 0) is 19.1 Å². The molecule has 3 heterocycles. The third-order valence-corrected chi connectivity index (χ3v) is 10.2. The minimum Gasteiger partial charge on any atom is -0.359 e. The summed E-state index contributed by atoms with van der Waals surface area (Å²) in [6, 6.07) is 5.20. The predicted molar refractivity (Wildman–Crippen MR) is 165 cm³/mol. The molecule has 0 radical (unpaired) electrons. The van der Waals surface area contributed by atoms with Gasteiger partial charge in [0, 0.05) is 24.8 Å². The Balaban J connectivity index is 1.43. The van der Waals surface area contributed by atoms with E-state index in [-0.39, 0.29) is 23.8 Å². The number of rotatable bonds is 11. The monoisotopic (exact) mass is 578 g/mol. The number of likely N-dealkylation sites (tertiary alicyclic amines) is 1. The molecule has 1 aromatic rings. The summed E-state index contributed by atoms with van der Waals surface area (Å²) in [5.41, 5.74) is 1.69. The standard InChI is InChI=1S/C34H50N4O4/c1-7-14-37(15-8-2)16-17-38-30(32(40)36-26-11-9-10-23(5)24(26)6)34-13-12-27(42-34)28(29(34)33(38)41)31(39)35-25-19-21(3)18-22(4)20-25/h12-13,18-20,23-24,26-30H,7-11,14-17H2,1-6H3,(H,35,39)(H,36,40). The van der Waals surface area contributed by atoms with Gasteiger partial charge in [0.2, 0.25) is 17.7 Å². The normalized spacial score (nSPS) is 33.4. The highest BCUT2D eigenvalue weighted by Gasteiger charge is 2.72. The van der Waals surface area contributed by atoms with Crippen molar-refractivity contribution in [2.24, 2.45) is 23.7 Å². The highest BCUT2D eigenvalue weighted by atomic mass is 16.5. The largest absolute Gasteiger partial charge is 0.359 e. The van der Waals surface area contributed by atoms with E-state index < -0.39 is 29.6 Å². The van der Waals surface area contributed by atoms with E-state index in [1.165, 1.54) is 6.42 Å². The SMILES string of the molecule is CCCN(CCC)CCN1C(=O)C2C(C(=O)Nc3cc(C)cc(C)c3)C3C=CC2(O3)C1C(=O)NC1CCCC(C)C1C. The van der Waals surface area contributed by atoms with Gasteiger partial charge in [0.25, 0.3) is 0 Å². The Morgan fingerprint density at radius 1 is 1.02 bits per heavy atom. The maximum absolute atomic E-state index is 14.3. The molecule has 230 valence electrons. The molecule has 3 aliphatic heterocycles. The maximum Gasteiger partial charge on any atom is 0.246 e. The molecule has 3 fully saturated rings. The summed E-state index contributed by atoms with van der Waals surface area (Å²) in [7, 11) is 0. The first-order valence-corrected chi connectivity index (χ1v) is 16.2. The number of hydrogen-bond acceptors (Lipinski definition) is 5. The van der Waals surface area contributed by atoms with E-state index in [1.807, 2.05) is 38.1 Å². The average Bonchev–Trinajstić information content (AvgIpc) is 3.57. The number of hydrogen-bond donors (Lipinski definition) is 2. The highest BCUT2D eigenvalue weighted by Crippen LogP contribution is 2.55. The zero-order valence-electron chi connectivity index (χ0n) is 26.3. The van der Waals surface area contributed by atoms with Crippen molar-refractivity contribution in [1.29, 1.82) is 0 Å². The van der Waals surface area contributed by atoms with Gasteiger partial charge in [0.15, 0.2) is 0 Å². The van der Waals surface area contributed by atoms with Crippen molar-refractivity contribution in [3.05, 3.63) is 41.5 Å². The molecule has 1 spiro atoms. The number of benzene rings is 1. The summed E-state index contributed by atoms with van der Waals surface area (Å²) in [5, 5.41) is 6.42. The molecule has 3 amide bonds. The third-order valence-electron chi connectivity index (χ3n) is 10.2. The minimum atomic E-state index is -1.14. The number of nitrogens with zero attached hydrogens (tertiary/aromatic N) is 2. The Bertz CT molecular complexity index is 1190. The number of carbonyl (C=O) groups excluding carboxylic acids is 3. The molecule has 1 saturated carbocycles. The van der Waals surface area contributed by atoms with Gasteiger partial charge in [-0.2, -0.15) is 0 Å². The number of ether oxygens (including phenoxy) is 1. The van der Waals surface area contributed by atoms with Crippen LogP contribution in [0.5, 0.6) is 0 Å². The van der Waals surface area contributed by atoms with Crippen molar-refractivity contribution in [2.75, 3.05) is 31.5 Å². The van der Waals surface area contributed by atoms with Crippen LogP contribution >= 0.6 is 0 Å². The van der Waals surface area contributed by atoms with Crippen LogP contribution in [0, 0.1) is 37.5 Å². The molecule has 1 aromatic carbocycles. The van der Waals surface area contributed by atoms with E-state index in [4.69, 9.17) is 4.74 Å². The number of fused-ring (bicyclic) bond motifs is 1. The Morgan fingerprint density at radius 2 is 1.71 bits per heavy atom. The van der Waals surface area contributed by atoms with Gasteiger partial charge in [-0.05, 0) is 81.3 Å². The van der Waals surface area contributed by atoms with Crippen molar-refractivity contribution >= 4 is 23.4 Å². The molecule has 2 bridgehead atoms. The Morgan fingerprint density at radius 3 is 2.38 bits per heavy atom. The second-order valence-electron chi connectivity index (χ2n) is 13.3. The van der Waals surface area contributed by atoms with Gasteiger partial charge in [0.1, 0.15) is 11.6 Å². The van der Waals surface area contributed by atoms with E-state index in [0.717, 1.165) is 49.9 Å². The Kier molecular flexibility index (Phi) is 9.14. The summed E-state index contributed by atoms with van der Waals surface area (Å²) in [6.07, 6.45) is 8.51. The van der Waals surface area contributed by atoms with Gasteiger partial charge in [-0.3, -0.25) is 14.4 Å². The average molecular weight is 579 g/mol. The lowest BCUT2D eigenvalue weighted by atomic mass is 9.73. The topological polar surface area (TPSA) is 91.0 Å². The molecule has 8 heteroatoms. The van der Waals surface area contributed by atoms with Gasteiger partial charge >= 0.3 is 0 Å². The van der Waals surface area contributed by atoms with E-state index >= 15 is 0 Å². The van der Waals surface area contributed by atoms with Crippen LogP contribution in [-0.4, -0.2) is 77.5 Å². The van der Waals surface area contributed by atoms with Gasteiger partial charge < -0.3 is 25.2 Å². The number of anilines is 1. The van der Waals surface area contributed by atoms with E-state index in [2.05, 4.69) is 49.3 Å². The summed E-state index contributed by atoms with van der Waals surface area (Å²) in [4.78, 5) is 46.5. The van der Waals surface area contributed by atoms with Crippen LogP contribution in [0.4, 0.5) is 5.69 Å². The molecule has 42 heavy (non-hydrogen) atoms. The van der Waals surface area contributed by atoms with Gasteiger partial charge in [-0.25, -0.2) is 0 Å². The first-order valence-electron chi connectivity index (χ1n) is 16.2. The smallest absolute Gasteiger partial charge is 0.246 e. The summed E-state index contributed by atoms with van der Waals surface area (Å²) in [6.45, 7) is 15.8. The third kappa shape index (κ3) is 5.64. The van der Waals surface area contributed by atoms with E-state index in [1.54, 1.807) is 4.90 Å². The zero-order valence-corrected chi connectivity index (χ0v) is 26.3. The zero-order chi connectivity index (χ0) is 30.2. The van der Waals surface area contributed by atoms with Crippen molar-refractivity contribution in [3.63, 3.8) is 0 Å². The fraction of sp³-hybridized carbons (Fsp3) is 0.676. The lowest BCUT2D eigenvalue weighted by molar-refractivity contribution is -0.141. The number of carbonyl (C=O) groups is 3. The van der Waals surface area contributed by atoms with Gasteiger partial charge in [-0.1, -0.05) is 58.8 Å². The molecule has 4 aliphatic rings. The number of amides is 3. The summed E-state index contributed by atoms with van der Waals surface area (Å²) >= 11 is 0. The molecule has 8 nitrogen and oxygen atoms in total. The summed E-state index contributed by atoms with van der Waals surface area (Å²) in [5.74, 6) is -1.08. The second kappa shape index (κ2) is 12.5. The first kappa shape index (κ1) is 30.7. The molecule has 1 aliphatic carbocycles. The summed E-state index contributed by atoms with van der Waals surface area (Å²) < 4.78 is 6.57. The Hall–Kier alpha value is -2.71. The molecule has 5 rings (SSSR count). The Labute approximate surface area is 251 Å². The fourth-order valence-electron chi connectivity index (χ4n) is 8.04. The van der Waals surface area contributed by atoms with Crippen molar-refractivity contribution in [2.45, 2.75) is 97.4 Å². The number of aryl methyl sites for hydroxylation is 2. The van der Waals surface area contributed by atoms with Crippen LogP contribution < -0.4 is 10.6 Å². The van der Waals surface area contributed by atoms with Gasteiger partial charge in [-0.15, -0.1) is 0 Å². The molecular weight excluding hydrogens is 528 g/mol. The van der Waals surface area contributed by atoms with Crippen molar-refractivity contribution in [1.82, 2.24) is 15.1 Å². The van der Waals surface area contributed by atoms with Crippen LogP contribution in [0.2, 0.25) is 0 Å². The predicted octanol–water partition coefficient (Wildman–Crippen LogP) is 4.46. The van der Waals surface area contributed by atoms with E-state index in [0.29, 0.717) is 30.6 Å². The second-order valence-corrected chi connectivity index (χ2v) is 13.3. The fourth-order valence-corrected chi connectivity index (χ4v) is 8.04. The van der Waals surface area contributed by atoms with Crippen LogP contribution in [0.1, 0.15) is 70.9 Å². The van der Waals surface area contributed by atoms with Gasteiger partial charge in [0.05, 0.1) is 17.9 Å². The van der Waals surface area contributed by atoms with Crippen molar-refractivity contribution in [3.8, 4) is 0 Å². The highest BCUT2D eigenvalue weighted by molar-refractivity contribution is 6.02. The molecule has 0 aromatic heterocycles. The molecule has 2 N–H and O–H groups in total. The molecule has 8 atom stereocenters. The molecular formula is C34H50N4O4. The van der Waals surface area contributed by atoms with Crippen LogP contribution in [0.3, 0.4) is 0 Å². The van der Waals surface area contributed by atoms with Crippen molar-refractivity contribution < 1.29 is 19.1 Å². The molecule has 8 unspecified atom stereocenters. The lowest BCUT2D eigenvalue weighted by Crippen LogP contribution is -2.58. The number of nitrogens with one attached hydrogen (secondary N) is 2. The van der Waals surface area contributed by atoms with Crippen LogP contribution in [0.25, 0.3) is 0 Å². The quantitative estimate of drug-likeness (QED) is 0.379. The lowest BCUT2D eigenvalue weighted by Gasteiger charge is -2.38. The van der Waals surface area contributed by atoms with E-state index in [9.17, 15) is 14.4 Å². The minimum absolute atomic E-state index is 0.0663. The maximum atomic E-state index is 14.3. The van der Waals surface area contributed by atoms with Crippen LogP contribution in [0.15, 0.2) is 30.4 Å².